The van der Waals surface area contributed by atoms with Gasteiger partial charge >= 0.3 is 5.97 Å². The van der Waals surface area contributed by atoms with Crippen LogP contribution in [0.5, 0.6) is 0 Å². The van der Waals surface area contributed by atoms with Crippen LogP contribution in [0.15, 0.2) is 24.3 Å². The number of nitrogens with zero attached hydrogens (tertiary/aromatic N) is 1. The molecule has 5 N–H and O–H groups in total. The maximum Gasteiger partial charge on any atom is 0.322 e. The van der Waals surface area contributed by atoms with Crippen molar-refractivity contribution in [2.24, 2.45) is 11.5 Å². The van der Waals surface area contributed by atoms with Crippen molar-refractivity contribution in [1.29, 1.82) is 0 Å². The number of hydrogen-bond acceptors (Lipinski definition) is 5. The van der Waals surface area contributed by atoms with Crippen LogP contribution in [0.2, 0.25) is 0 Å². The van der Waals surface area contributed by atoms with Gasteiger partial charge in [-0.15, -0.1) is 0 Å². The Bertz CT molecular complexity index is 552. The fourth-order valence-electron chi connectivity index (χ4n) is 2.47. The molecule has 7 heteroatoms. The van der Waals surface area contributed by atoms with E-state index in [0.29, 0.717) is 13.0 Å². The molecule has 0 bridgehead atoms. The van der Waals surface area contributed by atoms with E-state index in [2.05, 4.69) is 0 Å². The Hall–Kier alpha value is -2.25. The summed E-state index contributed by atoms with van der Waals surface area (Å²) in [5.41, 5.74) is 11.6. The second-order valence-electron chi connectivity index (χ2n) is 4.89. The highest BCUT2D eigenvalue weighted by molar-refractivity contribution is 6.21. The average molecular weight is 291 g/mol. The van der Waals surface area contributed by atoms with Crippen LogP contribution < -0.4 is 11.5 Å². The number of aliphatic carboxylic acids is 1. The summed E-state index contributed by atoms with van der Waals surface area (Å²) in [5, 5.41) is 9.10. The molecule has 0 saturated carbocycles. The summed E-state index contributed by atoms with van der Waals surface area (Å²) < 4.78 is 0. The predicted octanol–water partition coefficient (Wildman–Crippen LogP) is -0.198. The number of nitrogens with two attached hydrogens (primary N) is 2. The van der Waals surface area contributed by atoms with Crippen molar-refractivity contribution in [3.05, 3.63) is 35.4 Å². The molecule has 0 spiro atoms. The molecular weight excluding hydrogens is 274 g/mol. The minimum absolute atomic E-state index is 0.259. The van der Waals surface area contributed by atoms with Gasteiger partial charge in [0.1, 0.15) is 6.04 Å². The maximum absolute atomic E-state index is 12.4. The molecule has 2 rings (SSSR count). The lowest BCUT2D eigenvalue weighted by Gasteiger charge is -2.28. The van der Waals surface area contributed by atoms with E-state index in [1.807, 2.05) is 0 Å². The topological polar surface area (TPSA) is 127 Å². The summed E-state index contributed by atoms with van der Waals surface area (Å²) in [6.07, 6.45) is 0.731. The molecule has 1 aliphatic heterocycles. The van der Waals surface area contributed by atoms with Gasteiger partial charge in [0.25, 0.3) is 11.8 Å². The van der Waals surface area contributed by atoms with Crippen molar-refractivity contribution in [3.8, 4) is 0 Å². The first-order chi connectivity index (χ1) is 9.99. The Kier molecular flexibility index (Phi) is 4.35. The second kappa shape index (κ2) is 6.02. The van der Waals surface area contributed by atoms with Crippen LogP contribution in [0.3, 0.4) is 0 Å². The van der Waals surface area contributed by atoms with Crippen LogP contribution in [0.4, 0.5) is 0 Å². The van der Waals surface area contributed by atoms with E-state index in [4.69, 9.17) is 16.6 Å². The van der Waals surface area contributed by atoms with E-state index in [-0.39, 0.29) is 17.5 Å². The number of hydrogen-bond donors (Lipinski definition) is 3. The molecule has 0 fully saturated rings. The Morgan fingerprint density at radius 1 is 1.19 bits per heavy atom. The Morgan fingerprint density at radius 3 is 2.14 bits per heavy atom. The molecule has 1 heterocycles. The van der Waals surface area contributed by atoms with E-state index >= 15 is 0 Å². The Morgan fingerprint density at radius 2 is 1.71 bits per heavy atom. The van der Waals surface area contributed by atoms with Gasteiger partial charge in [0.15, 0.2) is 0 Å². The normalized spacial score (nSPS) is 16.8. The smallest absolute Gasteiger partial charge is 0.322 e. The lowest BCUT2D eigenvalue weighted by molar-refractivity contribution is -0.139. The summed E-state index contributed by atoms with van der Waals surface area (Å²) in [4.78, 5) is 36.8. The fraction of sp³-hybridized carbons (Fsp3) is 0.357. The minimum Gasteiger partial charge on any atom is -0.480 e. The molecule has 1 aromatic carbocycles. The second-order valence-corrected chi connectivity index (χ2v) is 4.89. The van der Waals surface area contributed by atoms with Crippen molar-refractivity contribution in [3.63, 3.8) is 0 Å². The Labute approximate surface area is 121 Å². The number of carboxylic acid groups (broad SMARTS) is 1. The third kappa shape index (κ3) is 2.65. The Balaban J connectivity index is 2.36. The number of fused-ring (bicyclic) bond motifs is 1. The van der Waals surface area contributed by atoms with E-state index in [1.165, 1.54) is 0 Å². The van der Waals surface area contributed by atoms with Crippen molar-refractivity contribution in [2.45, 2.75) is 24.9 Å². The molecule has 0 aromatic heterocycles. The first kappa shape index (κ1) is 15.1. The van der Waals surface area contributed by atoms with Crippen LogP contribution in [0.1, 0.15) is 33.6 Å². The summed E-state index contributed by atoms with van der Waals surface area (Å²) in [6, 6.07) is 4.15. The first-order valence-electron chi connectivity index (χ1n) is 6.64. The molecule has 0 aliphatic carbocycles. The van der Waals surface area contributed by atoms with Gasteiger partial charge in [-0.3, -0.25) is 19.3 Å². The number of carboxylic acids is 1. The van der Waals surface area contributed by atoms with Crippen molar-refractivity contribution < 1.29 is 19.5 Å². The molecular formula is C14H17N3O4. The molecule has 2 amide bonds. The van der Waals surface area contributed by atoms with Crippen molar-refractivity contribution in [2.75, 3.05) is 6.54 Å². The number of benzene rings is 1. The highest BCUT2D eigenvalue weighted by atomic mass is 16.4. The molecule has 0 saturated heterocycles. The van der Waals surface area contributed by atoms with Gasteiger partial charge in [-0.2, -0.15) is 0 Å². The summed E-state index contributed by atoms with van der Waals surface area (Å²) in [7, 11) is 0. The first-order valence-corrected chi connectivity index (χ1v) is 6.64. The minimum atomic E-state index is -1.33. The summed E-state index contributed by atoms with van der Waals surface area (Å²) in [6.45, 7) is 0.325. The van der Waals surface area contributed by atoms with Crippen LogP contribution in [-0.4, -0.2) is 46.4 Å². The third-order valence-electron chi connectivity index (χ3n) is 3.56. The maximum atomic E-state index is 12.4. The standard InChI is InChI=1S/C14H17N3O4/c15-7-3-6-10(11(16)14(20)21)17-12(18)8-4-1-2-5-9(8)13(17)19/h1-2,4-5,10-11H,3,6-7,15-16H2,(H,20,21)/t10?,11-/m0/s1. The quantitative estimate of drug-likeness (QED) is 0.623. The molecule has 112 valence electrons. The number of carbonyl (C=O) groups excluding carboxylic acids is 2. The number of rotatable bonds is 6. The molecule has 7 nitrogen and oxygen atoms in total. The van der Waals surface area contributed by atoms with E-state index in [0.717, 1.165) is 4.90 Å². The third-order valence-corrected chi connectivity index (χ3v) is 3.56. The van der Waals surface area contributed by atoms with Crippen LogP contribution in [0, 0.1) is 0 Å². The van der Waals surface area contributed by atoms with Crippen LogP contribution in [-0.2, 0) is 4.79 Å². The lowest BCUT2D eigenvalue weighted by Crippen LogP contribution is -2.54. The zero-order chi connectivity index (χ0) is 15.6. The number of imide groups is 1. The summed E-state index contributed by atoms with van der Waals surface area (Å²) >= 11 is 0. The van der Waals surface area contributed by atoms with E-state index < -0.39 is 29.9 Å². The summed E-state index contributed by atoms with van der Waals surface area (Å²) in [5.74, 6) is -2.27. The monoisotopic (exact) mass is 291 g/mol. The molecule has 1 unspecified atom stereocenters. The largest absolute Gasteiger partial charge is 0.480 e. The molecule has 1 aliphatic rings. The zero-order valence-electron chi connectivity index (χ0n) is 11.4. The van der Waals surface area contributed by atoms with E-state index in [9.17, 15) is 14.4 Å². The van der Waals surface area contributed by atoms with Crippen LogP contribution in [0.25, 0.3) is 0 Å². The van der Waals surface area contributed by atoms with Gasteiger partial charge in [-0.05, 0) is 31.5 Å². The fourth-order valence-corrected chi connectivity index (χ4v) is 2.47. The SMILES string of the molecule is NCCCC([C@H](N)C(=O)O)N1C(=O)c2ccccc2C1=O. The van der Waals surface area contributed by atoms with Gasteiger partial charge in [0.2, 0.25) is 0 Å². The number of amides is 2. The molecule has 1 aromatic rings. The van der Waals surface area contributed by atoms with E-state index in [1.54, 1.807) is 24.3 Å². The number of carbonyl (C=O) groups is 3. The van der Waals surface area contributed by atoms with Crippen LogP contribution >= 0.6 is 0 Å². The highest BCUT2D eigenvalue weighted by Crippen LogP contribution is 2.26. The highest BCUT2D eigenvalue weighted by Gasteiger charge is 2.43. The van der Waals surface area contributed by atoms with Gasteiger partial charge in [-0.25, -0.2) is 0 Å². The van der Waals surface area contributed by atoms with Gasteiger partial charge in [0.05, 0.1) is 17.2 Å². The predicted molar refractivity (Wildman–Crippen MR) is 74.6 cm³/mol. The molecule has 2 atom stereocenters. The van der Waals surface area contributed by atoms with Gasteiger partial charge in [-0.1, -0.05) is 12.1 Å². The van der Waals surface area contributed by atoms with Gasteiger partial charge in [0, 0.05) is 0 Å². The molecule has 0 radical (unpaired) electrons. The molecule has 21 heavy (non-hydrogen) atoms. The lowest BCUT2D eigenvalue weighted by atomic mass is 10.0. The van der Waals surface area contributed by atoms with Crippen molar-refractivity contribution >= 4 is 17.8 Å². The average Bonchev–Trinajstić information content (AvgIpc) is 2.73. The van der Waals surface area contributed by atoms with Crippen molar-refractivity contribution in [1.82, 2.24) is 4.90 Å². The van der Waals surface area contributed by atoms with Gasteiger partial charge < -0.3 is 16.6 Å². The zero-order valence-corrected chi connectivity index (χ0v) is 11.4.